The minimum absolute atomic E-state index is 0.0685. The van der Waals surface area contributed by atoms with Crippen molar-refractivity contribution in [2.24, 2.45) is 5.92 Å². The molecule has 0 atom stereocenters. The number of rotatable bonds is 7. The third kappa shape index (κ3) is 4.99. The minimum Gasteiger partial charge on any atom is -0.489 e. The Morgan fingerprint density at radius 2 is 2.08 bits per heavy atom. The predicted molar refractivity (Wildman–Crippen MR) is 95.0 cm³/mol. The molecule has 2 amide bonds. The molecule has 5 heteroatoms. The summed E-state index contributed by atoms with van der Waals surface area (Å²) in [4.78, 5) is 14.2. The molecule has 0 unspecified atom stereocenters. The quantitative estimate of drug-likeness (QED) is 0.755. The van der Waals surface area contributed by atoms with Crippen molar-refractivity contribution in [1.29, 1.82) is 0 Å². The van der Waals surface area contributed by atoms with Crippen LogP contribution in [0.3, 0.4) is 0 Å². The number of aliphatic hydroxyl groups excluding tert-OH is 1. The van der Waals surface area contributed by atoms with Gasteiger partial charge < -0.3 is 20.1 Å². The fraction of sp³-hybridized carbons (Fsp3) is 0.526. The van der Waals surface area contributed by atoms with Crippen LogP contribution in [0.2, 0.25) is 0 Å². The Hall–Kier alpha value is -2.01. The van der Waals surface area contributed by atoms with E-state index in [9.17, 15) is 9.90 Å². The molecule has 24 heavy (non-hydrogen) atoms. The fourth-order valence-corrected chi connectivity index (χ4v) is 3.12. The Bertz CT molecular complexity index is 539. The monoisotopic (exact) mass is 332 g/mol. The van der Waals surface area contributed by atoms with Crippen LogP contribution in [0.4, 0.5) is 4.79 Å². The molecule has 0 aliphatic heterocycles. The van der Waals surface area contributed by atoms with Gasteiger partial charge in [-0.25, -0.2) is 4.79 Å². The molecule has 1 saturated carbocycles. The molecule has 2 N–H and O–H groups in total. The van der Waals surface area contributed by atoms with E-state index in [1.807, 2.05) is 31.3 Å². The molecular formula is C19H28N2O3. The number of carbonyl (C=O) groups excluding carboxylic acids is 1. The van der Waals surface area contributed by atoms with E-state index in [2.05, 4.69) is 11.9 Å². The van der Waals surface area contributed by atoms with Crippen molar-refractivity contribution < 1.29 is 14.6 Å². The number of aliphatic hydroxyl groups is 1. The second-order valence-electron chi connectivity index (χ2n) is 6.33. The van der Waals surface area contributed by atoms with Crippen molar-refractivity contribution in [3.05, 3.63) is 42.5 Å². The number of hydrogen-bond acceptors (Lipinski definition) is 3. The van der Waals surface area contributed by atoms with Gasteiger partial charge in [0.15, 0.2) is 0 Å². The van der Waals surface area contributed by atoms with Crippen LogP contribution in [0.1, 0.15) is 31.2 Å². The lowest BCUT2D eigenvalue weighted by Crippen LogP contribution is -2.45. The number of carbonyl (C=O) groups is 1. The van der Waals surface area contributed by atoms with Gasteiger partial charge >= 0.3 is 6.03 Å². The maximum absolute atomic E-state index is 12.4. The number of hydrogen-bond donors (Lipinski definition) is 2. The number of ether oxygens (including phenoxy) is 1. The van der Waals surface area contributed by atoms with Crippen molar-refractivity contribution in [3.63, 3.8) is 0 Å². The Balaban J connectivity index is 1.85. The second kappa shape index (κ2) is 9.33. The van der Waals surface area contributed by atoms with Gasteiger partial charge in [-0.1, -0.05) is 30.9 Å². The van der Waals surface area contributed by atoms with E-state index < -0.39 is 0 Å². The first-order valence-electron chi connectivity index (χ1n) is 8.58. The highest BCUT2D eigenvalue weighted by Crippen LogP contribution is 2.26. The van der Waals surface area contributed by atoms with Crippen LogP contribution in [0.15, 0.2) is 36.9 Å². The maximum Gasteiger partial charge on any atom is 0.317 e. The standard InChI is InChI=1S/C19H28N2O3/c1-3-12-24-18-7-5-4-6-16(18)13-20-19(23)21(2)17-10-8-15(14-22)9-11-17/h3-7,15,17,22H,1,8-14H2,2H3,(H,20,23). The normalized spacial score (nSPS) is 20.2. The molecule has 0 saturated heterocycles. The van der Waals surface area contributed by atoms with Crippen LogP contribution in [0, 0.1) is 5.92 Å². The van der Waals surface area contributed by atoms with Crippen LogP contribution in [-0.2, 0) is 6.54 Å². The molecule has 5 nitrogen and oxygen atoms in total. The van der Waals surface area contributed by atoms with Gasteiger partial charge in [-0.15, -0.1) is 0 Å². The summed E-state index contributed by atoms with van der Waals surface area (Å²) in [7, 11) is 1.85. The number of benzene rings is 1. The molecule has 2 rings (SSSR count). The smallest absolute Gasteiger partial charge is 0.317 e. The Morgan fingerprint density at radius 1 is 1.38 bits per heavy atom. The number of urea groups is 1. The Kier molecular flexibility index (Phi) is 7.12. The highest BCUT2D eigenvalue weighted by atomic mass is 16.5. The van der Waals surface area contributed by atoms with Gasteiger partial charge in [0.2, 0.25) is 0 Å². The van der Waals surface area contributed by atoms with E-state index in [1.165, 1.54) is 0 Å². The third-order valence-corrected chi connectivity index (χ3v) is 4.70. The first kappa shape index (κ1) is 18.3. The summed E-state index contributed by atoms with van der Waals surface area (Å²) in [6, 6.07) is 7.87. The second-order valence-corrected chi connectivity index (χ2v) is 6.33. The number of para-hydroxylation sites is 1. The zero-order valence-electron chi connectivity index (χ0n) is 14.4. The number of amides is 2. The molecule has 1 aromatic rings. The van der Waals surface area contributed by atoms with Gasteiger partial charge in [0.1, 0.15) is 12.4 Å². The van der Waals surface area contributed by atoms with Gasteiger partial charge in [-0.2, -0.15) is 0 Å². The third-order valence-electron chi connectivity index (χ3n) is 4.70. The summed E-state index contributed by atoms with van der Waals surface area (Å²) in [6.07, 6.45) is 5.57. The lowest BCUT2D eigenvalue weighted by molar-refractivity contribution is 0.134. The molecule has 0 radical (unpaired) electrons. The van der Waals surface area contributed by atoms with Crippen molar-refractivity contribution in [3.8, 4) is 5.75 Å². The maximum atomic E-state index is 12.4. The van der Waals surface area contributed by atoms with Crippen molar-refractivity contribution >= 4 is 6.03 Å². The lowest BCUT2D eigenvalue weighted by atomic mass is 9.86. The highest BCUT2D eigenvalue weighted by molar-refractivity contribution is 5.74. The molecule has 1 aliphatic carbocycles. The van der Waals surface area contributed by atoms with E-state index in [1.54, 1.807) is 11.0 Å². The molecule has 0 spiro atoms. The molecule has 1 aromatic carbocycles. The zero-order valence-corrected chi connectivity index (χ0v) is 14.4. The van der Waals surface area contributed by atoms with E-state index >= 15 is 0 Å². The number of nitrogens with zero attached hydrogens (tertiary/aromatic N) is 1. The van der Waals surface area contributed by atoms with Gasteiger partial charge in [0.25, 0.3) is 0 Å². The molecule has 132 valence electrons. The van der Waals surface area contributed by atoms with Crippen molar-refractivity contribution in [1.82, 2.24) is 10.2 Å². The molecular weight excluding hydrogens is 304 g/mol. The van der Waals surface area contributed by atoms with Crippen LogP contribution in [0.5, 0.6) is 5.75 Å². The van der Waals surface area contributed by atoms with Crippen LogP contribution >= 0.6 is 0 Å². The van der Waals surface area contributed by atoms with E-state index in [4.69, 9.17) is 4.74 Å². The molecule has 1 aliphatic rings. The first-order chi connectivity index (χ1) is 11.7. The summed E-state index contributed by atoms with van der Waals surface area (Å²) in [5.74, 6) is 1.16. The minimum atomic E-state index is -0.0685. The summed E-state index contributed by atoms with van der Waals surface area (Å²) < 4.78 is 5.61. The van der Waals surface area contributed by atoms with Crippen LogP contribution in [0.25, 0.3) is 0 Å². The van der Waals surface area contributed by atoms with Gasteiger partial charge in [-0.3, -0.25) is 0 Å². The van der Waals surface area contributed by atoms with Crippen LogP contribution < -0.4 is 10.1 Å². The largest absolute Gasteiger partial charge is 0.489 e. The average molecular weight is 332 g/mol. The van der Waals surface area contributed by atoms with Crippen LogP contribution in [-0.4, -0.2) is 42.3 Å². The Morgan fingerprint density at radius 3 is 2.75 bits per heavy atom. The molecule has 1 fully saturated rings. The summed E-state index contributed by atoms with van der Waals surface area (Å²) in [5.41, 5.74) is 0.949. The SMILES string of the molecule is C=CCOc1ccccc1CNC(=O)N(C)C1CCC(CO)CC1. The van der Waals surface area contributed by atoms with E-state index in [-0.39, 0.29) is 18.7 Å². The van der Waals surface area contributed by atoms with E-state index in [0.29, 0.717) is 19.1 Å². The summed E-state index contributed by atoms with van der Waals surface area (Å²) in [5, 5.41) is 12.2. The predicted octanol–water partition coefficient (Wildman–Crippen LogP) is 2.94. The van der Waals surface area contributed by atoms with E-state index in [0.717, 1.165) is 37.0 Å². The van der Waals surface area contributed by atoms with Crippen molar-refractivity contribution in [2.75, 3.05) is 20.3 Å². The van der Waals surface area contributed by atoms with Crippen molar-refractivity contribution in [2.45, 2.75) is 38.3 Å². The molecule has 0 bridgehead atoms. The van der Waals surface area contributed by atoms with Gasteiger partial charge in [-0.05, 0) is 37.7 Å². The first-order valence-corrected chi connectivity index (χ1v) is 8.58. The topological polar surface area (TPSA) is 61.8 Å². The number of nitrogens with one attached hydrogen (secondary N) is 1. The fourth-order valence-electron chi connectivity index (χ4n) is 3.12. The highest BCUT2D eigenvalue weighted by Gasteiger charge is 2.26. The summed E-state index contributed by atoms with van der Waals surface area (Å²) >= 11 is 0. The molecule has 0 heterocycles. The van der Waals surface area contributed by atoms with Gasteiger partial charge in [0.05, 0.1) is 0 Å². The average Bonchev–Trinajstić information content (AvgIpc) is 2.64. The summed E-state index contributed by atoms with van der Waals surface area (Å²) in [6.45, 7) is 4.78. The molecule has 0 aromatic heterocycles. The Labute approximate surface area is 144 Å². The van der Waals surface area contributed by atoms with Gasteiger partial charge in [0, 0.05) is 31.8 Å². The lowest BCUT2D eigenvalue weighted by Gasteiger charge is -2.34. The zero-order chi connectivity index (χ0) is 17.4.